The Bertz CT molecular complexity index is 588. The standard InChI is InChI=1S/C20H30O2/c1-12(2)15-8-13-6-7-18-19(3,4)10-14(21)11-20(18,5)16(13)9-17(15)22/h8-9,12,14,18,21-22H,6-7,10-11H2,1-5H3/t14-,18+,20+/m0/s1. The minimum atomic E-state index is -0.242. The molecule has 1 aromatic rings. The molecule has 0 amide bonds. The van der Waals surface area contributed by atoms with Crippen molar-refractivity contribution < 1.29 is 10.2 Å². The molecular weight excluding hydrogens is 272 g/mol. The van der Waals surface area contributed by atoms with Gasteiger partial charge in [0.15, 0.2) is 0 Å². The highest BCUT2D eigenvalue weighted by Crippen LogP contribution is 2.57. The van der Waals surface area contributed by atoms with Crippen LogP contribution in [0, 0.1) is 11.3 Å². The Labute approximate surface area is 134 Å². The third kappa shape index (κ3) is 2.27. The van der Waals surface area contributed by atoms with Crippen molar-refractivity contribution in [2.24, 2.45) is 11.3 Å². The average molecular weight is 302 g/mol. The second-order valence-corrected chi connectivity index (χ2v) is 8.78. The number of phenols is 1. The monoisotopic (exact) mass is 302 g/mol. The Hall–Kier alpha value is -1.02. The SMILES string of the molecule is CC(C)c1cc2c(cc1O)[C@@]1(C)C[C@@H](O)CC(C)(C)[C@H]1CC2. The first-order valence-corrected chi connectivity index (χ1v) is 8.69. The number of aryl methyl sites for hydroxylation is 1. The smallest absolute Gasteiger partial charge is 0.119 e. The van der Waals surface area contributed by atoms with Crippen molar-refractivity contribution in [2.45, 2.75) is 77.7 Å². The van der Waals surface area contributed by atoms with E-state index in [-0.39, 0.29) is 16.9 Å². The van der Waals surface area contributed by atoms with E-state index in [9.17, 15) is 10.2 Å². The van der Waals surface area contributed by atoms with E-state index in [0.29, 0.717) is 17.6 Å². The lowest BCUT2D eigenvalue weighted by atomic mass is 9.49. The molecule has 0 spiro atoms. The minimum absolute atomic E-state index is 0.0261. The van der Waals surface area contributed by atoms with E-state index in [2.05, 4.69) is 40.7 Å². The van der Waals surface area contributed by atoms with Crippen LogP contribution in [0.25, 0.3) is 0 Å². The van der Waals surface area contributed by atoms with E-state index in [1.54, 1.807) is 0 Å². The summed E-state index contributed by atoms with van der Waals surface area (Å²) < 4.78 is 0. The first-order valence-electron chi connectivity index (χ1n) is 8.69. The zero-order valence-electron chi connectivity index (χ0n) is 14.6. The molecule has 2 nitrogen and oxygen atoms in total. The van der Waals surface area contributed by atoms with E-state index in [4.69, 9.17) is 0 Å². The Morgan fingerprint density at radius 1 is 1.14 bits per heavy atom. The maximum absolute atomic E-state index is 10.5. The summed E-state index contributed by atoms with van der Waals surface area (Å²) in [5.74, 6) is 1.33. The summed E-state index contributed by atoms with van der Waals surface area (Å²) in [6.45, 7) is 11.1. The molecule has 0 aliphatic heterocycles. The van der Waals surface area contributed by atoms with Crippen molar-refractivity contribution in [3.8, 4) is 5.75 Å². The lowest BCUT2D eigenvalue weighted by Crippen LogP contribution is -2.52. The quantitative estimate of drug-likeness (QED) is 0.801. The molecule has 3 rings (SSSR count). The van der Waals surface area contributed by atoms with Crippen LogP contribution in [-0.4, -0.2) is 16.3 Å². The van der Waals surface area contributed by atoms with Crippen molar-refractivity contribution in [3.63, 3.8) is 0 Å². The van der Waals surface area contributed by atoms with E-state index in [1.807, 2.05) is 6.07 Å². The van der Waals surface area contributed by atoms with Crippen LogP contribution in [0.5, 0.6) is 5.75 Å². The van der Waals surface area contributed by atoms with E-state index < -0.39 is 0 Å². The summed E-state index contributed by atoms with van der Waals surface area (Å²) >= 11 is 0. The van der Waals surface area contributed by atoms with Gasteiger partial charge >= 0.3 is 0 Å². The highest BCUT2D eigenvalue weighted by Gasteiger charge is 2.52. The van der Waals surface area contributed by atoms with E-state index >= 15 is 0 Å². The number of hydrogen-bond donors (Lipinski definition) is 2. The Morgan fingerprint density at radius 3 is 2.45 bits per heavy atom. The molecule has 0 saturated heterocycles. The molecule has 2 heteroatoms. The Kier molecular flexibility index (Phi) is 3.60. The van der Waals surface area contributed by atoms with Crippen LogP contribution in [-0.2, 0) is 11.8 Å². The van der Waals surface area contributed by atoms with Gasteiger partial charge in [-0.15, -0.1) is 0 Å². The molecule has 122 valence electrons. The molecular formula is C20H30O2. The largest absolute Gasteiger partial charge is 0.508 e. The van der Waals surface area contributed by atoms with Gasteiger partial charge in [0.25, 0.3) is 0 Å². The molecule has 1 fully saturated rings. The number of hydrogen-bond acceptors (Lipinski definition) is 2. The van der Waals surface area contributed by atoms with Crippen LogP contribution in [0.3, 0.4) is 0 Å². The summed E-state index contributed by atoms with van der Waals surface area (Å²) in [6, 6.07) is 4.22. The number of aromatic hydroxyl groups is 1. The lowest BCUT2D eigenvalue weighted by molar-refractivity contribution is -0.0384. The van der Waals surface area contributed by atoms with Gasteiger partial charge in [0.05, 0.1) is 6.10 Å². The molecule has 0 heterocycles. The molecule has 2 aliphatic carbocycles. The molecule has 0 aromatic heterocycles. The summed E-state index contributed by atoms with van der Waals surface area (Å²) in [5, 5.41) is 20.9. The summed E-state index contributed by atoms with van der Waals surface area (Å²) in [7, 11) is 0. The molecule has 1 aromatic carbocycles. The first kappa shape index (κ1) is 15.9. The Balaban J connectivity index is 2.13. The third-order valence-corrected chi connectivity index (χ3v) is 6.33. The van der Waals surface area contributed by atoms with Gasteiger partial charge in [0, 0.05) is 0 Å². The van der Waals surface area contributed by atoms with Crippen LogP contribution in [0.15, 0.2) is 12.1 Å². The van der Waals surface area contributed by atoms with Crippen LogP contribution in [0.4, 0.5) is 0 Å². The second-order valence-electron chi connectivity index (χ2n) is 8.78. The van der Waals surface area contributed by atoms with E-state index in [0.717, 1.165) is 24.8 Å². The first-order chi connectivity index (χ1) is 10.1. The molecule has 2 aliphatic rings. The molecule has 22 heavy (non-hydrogen) atoms. The second kappa shape index (κ2) is 4.99. The van der Waals surface area contributed by atoms with Gasteiger partial charge in [-0.25, -0.2) is 0 Å². The van der Waals surface area contributed by atoms with E-state index in [1.165, 1.54) is 17.5 Å². The average Bonchev–Trinajstić information content (AvgIpc) is 2.36. The molecule has 0 unspecified atom stereocenters. The van der Waals surface area contributed by atoms with Gasteiger partial charge < -0.3 is 10.2 Å². The lowest BCUT2D eigenvalue weighted by Gasteiger charge is -2.55. The van der Waals surface area contributed by atoms with Gasteiger partial charge in [-0.05, 0) is 71.1 Å². The summed E-state index contributed by atoms with van der Waals surface area (Å²) in [5.41, 5.74) is 3.83. The van der Waals surface area contributed by atoms with Crippen LogP contribution in [0.1, 0.15) is 76.5 Å². The molecule has 3 atom stereocenters. The van der Waals surface area contributed by atoms with Gasteiger partial charge in [-0.2, -0.15) is 0 Å². The predicted molar refractivity (Wildman–Crippen MR) is 90.4 cm³/mol. The topological polar surface area (TPSA) is 40.5 Å². The maximum atomic E-state index is 10.5. The number of aliphatic hydroxyl groups is 1. The van der Waals surface area contributed by atoms with Crippen LogP contribution in [0.2, 0.25) is 0 Å². The van der Waals surface area contributed by atoms with Gasteiger partial charge in [-0.3, -0.25) is 0 Å². The number of rotatable bonds is 1. The minimum Gasteiger partial charge on any atom is -0.508 e. The fourth-order valence-corrected chi connectivity index (χ4v) is 5.48. The number of aliphatic hydroxyl groups excluding tert-OH is 1. The van der Waals surface area contributed by atoms with Crippen LogP contribution >= 0.6 is 0 Å². The number of benzene rings is 1. The fraction of sp³-hybridized carbons (Fsp3) is 0.700. The Morgan fingerprint density at radius 2 is 1.82 bits per heavy atom. The zero-order chi connectivity index (χ0) is 16.3. The van der Waals surface area contributed by atoms with Gasteiger partial charge in [-0.1, -0.05) is 40.7 Å². The van der Waals surface area contributed by atoms with Crippen molar-refractivity contribution in [1.29, 1.82) is 0 Å². The normalized spacial score (nSPS) is 33.4. The highest BCUT2D eigenvalue weighted by atomic mass is 16.3. The third-order valence-electron chi connectivity index (χ3n) is 6.33. The fourth-order valence-electron chi connectivity index (χ4n) is 5.48. The zero-order valence-corrected chi connectivity index (χ0v) is 14.6. The molecule has 0 bridgehead atoms. The van der Waals surface area contributed by atoms with Crippen molar-refractivity contribution >= 4 is 0 Å². The highest BCUT2D eigenvalue weighted by molar-refractivity contribution is 5.48. The number of fused-ring (bicyclic) bond motifs is 3. The number of phenolic OH excluding ortho intramolecular Hbond substituents is 1. The summed E-state index contributed by atoms with van der Waals surface area (Å²) in [4.78, 5) is 0. The molecule has 2 N–H and O–H groups in total. The van der Waals surface area contributed by atoms with Crippen LogP contribution < -0.4 is 0 Å². The van der Waals surface area contributed by atoms with Gasteiger partial charge in [0.2, 0.25) is 0 Å². The maximum Gasteiger partial charge on any atom is 0.119 e. The predicted octanol–water partition coefficient (Wildman–Crippen LogP) is 4.52. The molecule has 0 radical (unpaired) electrons. The van der Waals surface area contributed by atoms with Crippen molar-refractivity contribution in [1.82, 2.24) is 0 Å². The summed E-state index contributed by atoms with van der Waals surface area (Å²) in [6.07, 6.45) is 3.74. The van der Waals surface area contributed by atoms with Crippen molar-refractivity contribution in [2.75, 3.05) is 0 Å². The van der Waals surface area contributed by atoms with Crippen molar-refractivity contribution in [3.05, 3.63) is 28.8 Å². The van der Waals surface area contributed by atoms with Gasteiger partial charge in [0.1, 0.15) is 5.75 Å². The molecule has 1 saturated carbocycles.